The Morgan fingerprint density at radius 2 is 2.43 bits per heavy atom. The van der Waals surface area contributed by atoms with E-state index >= 15 is 0 Å². The highest BCUT2D eigenvalue weighted by Gasteiger charge is 2.02. The van der Waals surface area contributed by atoms with Gasteiger partial charge in [0.25, 0.3) is 0 Å². The van der Waals surface area contributed by atoms with Crippen LogP contribution in [-0.4, -0.2) is 18.9 Å². The molecule has 0 unspecified atom stereocenters. The Morgan fingerprint density at radius 1 is 1.57 bits per heavy atom. The Labute approximate surface area is 41.7 Å². The van der Waals surface area contributed by atoms with E-state index < -0.39 is 0 Å². The third-order valence-electron chi connectivity index (χ3n) is 0.723. The summed E-state index contributed by atoms with van der Waals surface area (Å²) in [5, 5.41) is 11.8. The largest absolute Gasteiger partial charge is 0.256 e. The van der Waals surface area contributed by atoms with Crippen LogP contribution in [0, 0.1) is 11.3 Å². The first kappa shape index (κ1) is 4.13. The molecule has 0 spiro atoms. The van der Waals surface area contributed by atoms with E-state index in [9.17, 15) is 0 Å². The molecular weight excluding hydrogens is 90.1 g/mol. The zero-order chi connectivity index (χ0) is 5.11. The highest BCUT2D eigenvalue weighted by atomic mass is 15.1. The third-order valence-corrected chi connectivity index (χ3v) is 0.723. The standard InChI is InChI=1S/C4H4N3/c5-3-4-6-1-2-7-4/h1-2H2. The molecule has 0 fully saturated rings. The van der Waals surface area contributed by atoms with Crippen LogP contribution in [0.15, 0.2) is 4.99 Å². The fourth-order valence-electron chi connectivity index (χ4n) is 0.433. The Hall–Kier alpha value is -1.04. The first-order chi connectivity index (χ1) is 3.43. The highest BCUT2D eigenvalue weighted by molar-refractivity contribution is 5.97. The normalized spacial score (nSPS) is 17.3. The maximum Gasteiger partial charge on any atom is 0.223 e. The summed E-state index contributed by atoms with van der Waals surface area (Å²) in [6.45, 7) is 1.39. The van der Waals surface area contributed by atoms with Crippen LogP contribution in [0.4, 0.5) is 0 Å². The SMILES string of the molecule is N#CC1=NCC[N]1. The maximum absolute atomic E-state index is 8.09. The van der Waals surface area contributed by atoms with Crippen LogP contribution >= 0.6 is 0 Å². The van der Waals surface area contributed by atoms with E-state index in [4.69, 9.17) is 5.26 Å². The summed E-state index contributed by atoms with van der Waals surface area (Å²) in [5.41, 5.74) is 0. The number of rotatable bonds is 0. The maximum atomic E-state index is 8.09. The summed E-state index contributed by atoms with van der Waals surface area (Å²) < 4.78 is 0. The number of nitrogens with zero attached hydrogens (tertiary/aromatic N) is 3. The second-order valence-corrected chi connectivity index (χ2v) is 1.20. The second-order valence-electron chi connectivity index (χ2n) is 1.20. The van der Waals surface area contributed by atoms with Gasteiger partial charge in [0.2, 0.25) is 5.84 Å². The molecule has 35 valence electrons. The topological polar surface area (TPSA) is 50.2 Å². The molecule has 1 aliphatic heterocycles. The van der Waals surface area contributed by atoms with Gasteiger partial charge in [-0.15, -0.1) is 0 Å². The number of amidine groups is 1. The van der Waals surface area contributed by atoms with Crippen molar-refractivity contribution in [3.8, 4) is 6.07 Å². The van der Waals surface area contributed by atoms with Crippen molar-refractivity contribution in [3.63, 3.8) is 0 Å². The zero-order valence-electron chi connectivity index (χ0n) is 3.76. The van der Waals surface area contributed by atoms with Crippen molar-refractivity contribution in [3.05, 3.63) is 0 Å². The number of nitriles is 1. The molecule has 0 amide bonds. The fourth-order valence-corrected chi connectivity index (χ4v) is 0.433. The van der Waals surface area contributed by atoms with E-state index in [1.807, 2.05) is 6.07 Å². The minimum absolute atomic E-state index is 0.347. The predicted octanol–water partition coefficient (Wildman–Crippen LogP) is -0.474. The molecule has 3 nitrogen and oxygen atoms in total. The quantitative estimate of drug-likeness (QED) is 0.400. The van der Waals surface area contributed by atoms with E-state index in [-0.39, 0.29) is 0 Å². The van der Waals surface area contributed by atoms with Gasteiger partial charge in [0, 0.05) is 0 Å². The summed E-state index contributed by atoms with van der Waals surface area (Å²) >= 11 is 0. The van der Waals surface area contributed by atoms with E-state index in [0.29, 0.717) is 18.9 Å². The summed E-state index contributed by atoms with van der Waals surface area (Å²) in [6.07, 6.45) is 0. The molecule has 1 aliphatic rings. The molecule has 0 bridgehead atoms. The van der Waals surface area contributed by atoms with Crippen LogP contribution in [0.1, 0.15) is 0 Å². The molecule has 1 heterocycles. The minimum Gasteiger partial charge on any atom is -0.256 e. The van der Waals surface area contributed by atoms with Crippen molar-refractivity contribution in [2.45, 2.75) is 0 Å². The summed E-state index contributed by atoms with van der Waals surface area (Å²) in [7, 11) is 0. The van der Waals surface area contributed by atoms with Crippen LogP contribution in [0.5, 0.6) is 0 Å². The average molecular weight is 94.1 g/mol. The molecule has 1 radical (unpaired) electrons. The highest BCUT2D eigenvalue weighted by Crippen LogP contribution is 1.83. The first-order valence-corrected chi connectivity index (χ1v) is 2.05. The van der Waals surface area contributed by atoms with E-state index in [1.54, 1.807) is 0 Å². The van der Waals surface area contributed by atoms with Gasteiger partial charge in [-0.3, -0.25) is 10.3 Å². The van der Waals surface area contributed by atoms with Gasteiger partial charge >= 0.3 is 0 Å². The second kappa shape index (κ2) is 1.61. The van der Waals surface area contributed by atoms with Gasteiger partial charge in [-0.05, 0) is 0 Å². The van der Waals surface area contributed by atoms with E-state index in [0.717, 1.165) is 0 Å². The summed E-state index contributed by atoms with van der Waals surface area (Å²) in [6, 6.07) is 1.85. The smallest absolute Gasteiger partial charge is 0.223 e. The van der Waals surface area contributed by atoms with Crippen molar-refractivity contribution in [2.75, 3.05) is 13.1 Å². The summed E-state index contributed by atoms with van der Waals surface area (Å²) in [4.78, 5) is 3.74. The molecule has 0 aliphatic carbocycles. The van der Waals surface area contributed by atoms with Crippen molar-refractivity contribution in [2.24, 2.45) is 4.99 Å². The van der Waals surface area contributed by atoms with E-state index in [2.05, 4.69) is 10.3 Å². The third kappa shape index (κ3) is 0.686. The monoisotopic (exact) mass is 94.0 g/mol. The Kier molecular flexibility index (Phi) is 0.947. The van der Waals surface area contributed by atoms with Gasteiger partial charge in [-0.2, -0.15) is 5.26 Å². The van der Waals surface area contributed by atoms with Gasteiger partial charge in [0.1, 0.15) is 6.07 Å². The molecule has 3 heteroatoms. The van der Waals surface area contributed by atoms with Gasteiger partial charge in [-0.1, -0.05) is 0 Å². The molecule has 0 atom stereocenters. The number of hydrogen-bond donors (Lipinski definition) is 0. The fraction of sp³-hybridized carbons (Fsp3) is 0.500. The summed E-state index contributed by atoms with van der Waals surface area (Å²) in [5.74, 6) is 0.347. The Balaban J connectivity index is 2.57. The van der Waals surface area contributed by atoms with Crippen molar-refractivity contribution >= 4 is 5.84 Å². The lowest BCUT2D eigenvalue weighted by Crippen LogP contribution is -2.06. The molecule has 0 aromatic heterocycles. The lowest BCUT2D eigenvalue weighted by molar-refractivity contribution is 0.948. The zero-order valence-corrected chi connectivity index (χ0v) is 3.76. The van der Waals surface area contributed by atoms with Gasteiger partial charge < -0.3 is 0 Å². The lowest BCUT2D eigenvalue weighted by atomic mass is 10.7. The first-order valence-electron chi connectivity index (χ1n) is 2.05. The van der Waals surface area contributed by atoms with Crippen LogP contribution in [0.2, 0.25) is 0 Å². The molecule has 0 N–H and O–H groups in total. The van der Waals surface area contributed by atoms with Gasteiger partial charge in [0.15, 0.2) is 0 Å². The lowest BCUT2D eigenvalue weighted by Gasteiger charge is -1.77. The number of aliphatic imine (C=N–C) groups is 1. The predicted molar refractivity (Wildman–Crippen MR) is 24.9 cm³/mol. The molecule has 1 rings (SSSR count). The van der Waals surface area contributed by atoms with Crippen LogP contribution in [-0.2, 0) is 0 Å². The molecule has 7 heavy (non-hydrogen) atoms. The van der Waals surface area contributed by atoms with E-state index in [1.165, 1.54) is 0 Å². The average Bonchev–Trinajstić information content (AvgIpc) is 2.14. The molecule has 0 aromatic carbocycles. The molecule has 0 saturated carbocycles. The molecule has 0 aromatic rings. The molecule has 0 saturated heterocycles. The van der Waals surface area contributed by atoms with Gasteiger partial charge in [0.05, 0.1) is 13.1 Å². The van der Waals surface area contributed by atoms with Gasteiger partial charge in [-0.25, -0.2) is 0 Å². The van der Waals surface area contributed by atoms with Crippen molar-refractivity contribution in [1.82, 2.24) is 5.32 Å². The Bertz CT molecular complexity index is 130. The minimum atomic E-state index is 0.347. The van der Waals surface area contributed by atoms with Crippen molar-refractivity contribution in [1.29, 1.82) is 5.26 Å². The molecular formula is C4H4N3. The number of hydrogen-bond acceptors (Lipinski definition) is 2. The van der Waals surface area contributed by atoms with Crippen LogP contribution < -0.4 is 5.32 Å². The van der Waals surface area contributed by atoms with Crippen LogP contribution in [0.25, 0.3) is 0 Å². The van der Waals surface area contributed by atoms with Crippen molar-refractivity contribution < 1.29 is 0 Å². The van der Waals surface area contributed by atoms with Crippen LogP contribution in [0.3, 0.4) is 0 Å². The Morgan fingerprint density at radius 3 is 2.71 bits per heavy atom.